The Morgan fingerprint density at radius 3 is 2.93 bits per heavy atom. The summed E-state index contributed by atoms with van der Waals surface area (Å²) in [6, 6.07) is 3.26. The van der Waals surface area contributed by atoms with E-state index in [-0.39, 0.29) is 30.7 Å². The summed E-state index contributed by atoms with van der Waals surface area (Å²) in [6.45, 7) is 2.59. The summed E-state index contributed by atoms with van der Waals surface area (Å²) in [5, 5.41) is 11.4. The highest BCUT2D eigenvalue weighted by atomic mass is 16.4. The van der Waals surface area contributed by atoms with Gasteiger partial charge in [0.1, 0.15) is 5.76 Å². The molecular formula is C10H16N2O3. The number of nitrogens with two attached hydrogens (primary N) is 1. The van der Waals surface area contributed by atoms with Gasteiger partial charge in [0.05, 0.1) is 6.54 Å². The summed E-state index contributed by atoms with van der Waals surface area (Å²) in [5.41, 5.74) is 5.35. The smallest absolute Gasteiger partial charge is 0.287 e. The first-order valence-electron chi connectivity index (χ1n) is 4.85. The minimum Gasteiger partial charge on any atom is -0.455 e. The summed E-state index contributed by atoms with van der Waals surface area (Å²) in [4.78, 5) is 11.5. The third-order valence-corrected chi connectivity index (χ3v) is 2.01. The predicted molar refractivity (Wildman–Crippen MR) is 55.2 cm³/mol. The molecule has 1 unspecified atom stereocenters. The number of amides is 1. The van der Waals surface area contributed by atoms with Crippen LogP contribution in [-0.4, -0.2) is 24.2 Å². The number of hydrogen-bond acceptors (Lipinski definition) is 4. The van der Waals surface area contributed by atoms with Crippen LogP contribution in [0.4, 0.5) is 0 Å². The minimum absolute atomic E-state index is 0.0397. The molecule has 5 heteroatoms. The zero-order valence-electron chi connectivity index (χ0n) is 8.69. The maximum absolute atomic E-state index is 11.5. The highest BCUT2D eigenvalue weighted by molar-refractivity contribution is 5.91. The Kier molecular flexibility index (Phi) is 4.33. The van der Waals surface area contributed by atoms with Crippen molar-refractivity contribution in [3.63, 3.8) is 0 Å². The molecular weight excluding hydrogens is 196 g/mol. The molecule has 1 aromatic rings. The average molecular weight is 212 g/mol. The first kappa shape index (κ1) is 11.7. The van der Waals surface area contributed by atoms with Gasteiger partial charge in [-0.3, -0.25) is 4.79 Å². The molecule has 0 aliphatic rings. The molecule has 1 heterocycles. The summed E-state index contributed by atoms with van der Waals surface area (Å²) in [6.07, 6.45) is 0. The molecule has 0 aliphatic heterocycles. The Hall–Kier alpha value is -1.33. The van der Waals surface area contributed by atoms with Gasteiger partial charge in [-0.1, -0.05) is 6.92 Å². The second kappa shape index (κ2) is 5.53. The number of aliphatic hydroxyl groups is 1. The van der Waals surface area contributed by atoms with Crippen LogP contribution in [0, 0.1) is 5.92 Å². The third kappa shape index (κ3) is 3.38. The van der Waals surface area contributed by atoms with Crippen molar-refractivity contribution in [2.45, 2.75) is 13.5 Å². The molecule has 0 bridgehead atoms. The molecule has 0 fully saturated rings. The number of furan rings is 1. The molecule has 1 atom stereocenters. The molecule has 5 nitrogen and oxygen atoms in total. The number of rotatable bonds is 5. The van der Waals surface area contributed by atoms with E-state index in [4.69, 9.17) is 15.3 Å². The molecule has 4 N–H and O–H groups in total. The highest BCUT2D eigenvalue weighted by Gasteiger charge is 2.11. The quantitative estimate of drug-likeness (QED) is 0.645. The normalized spacial score (nSPS) is 12.5. The van der Waals surface area contributed by atoms with Crippen LogP contribution >= 0.6 is 0 Å². The SMILES string of the molecule is CC(CO)CNC(=O)c1ccc(CN)o1. The van der Waals surface area contributed by atoms with Gasteiger partial charge in [0, 0.05) is 13.2 Å². The van der Waals surface area contributed by atoms with Gasteiger partial charge in [-0.2, -0.15) is 0 Å². The van der Waals surface area contributed by atoms with Crippen LogP contribution in [0.1, 0.15) is 23.2 Å². The first-order chi connectivity index (χ1) is 7.17. The van der Waals surface area contributed by atoms with E-state index in [1.807, 2.05) is 6.92 Å². The molecule has 0 spiro atoms. The van der Waals surface area contributed by atoms with Gasteiger partial charge in [-0.15, -0.1) is 0 Å². The van der Waals surface area contributed by atoms with E-state index in [2.05, 4.69) is 5.32 Å². The van der Waals surface area contributed by atoms with Crippen molar-refractivity contribution >= 4 is 5.91 Å². The molecule has 0 aliphatic carbocycles. The largest absolute Gasteiger partial charge is 0.455 e. The Balaban J connectivity index is 2.46. The van der Waals surface area contributed by atoms with Gasteiger partial charge in [-0.25, -0.2) is 0 Å². The maximum Gasteiger partial charge on any atom is 0.287 e. The van der Waals surface area contributed by atoms with E-state index in [9.17, 15) is 4.79 Å². The van der Waals surface area contributed by atoms with E-state index in [1.165, 1.54) is 0 Å². The summed E-state index contributed by atoms with van der Waals surface area (Å²) >= 11 is 0. The standard InChI is InChI=1S/C10H16N2O3/c1-7(6-13)5-12-10(14)9-3-2-8(4-11)15-9/h2-3,7,13H,4-6,11H2,1H3,(H,12,14). The van der Waals surface area contributed by atoms with Crippen molar-refractivity contribution in [1.82, 2.24) is 5.32 Å². The predicted octanol–water partition coefficient (Wildman–Crippen LogP) is 0.0965. The van der Waals surface area contributed by atoms with Crippen LogP contribution in [0.15, 0.2) is 16.5 Å². The van der Waals surface area contributed by atoms with E-state index >= 15 is 0 Å². The average Bonchev–Trinajstić information content (AvgIpc) is 2.73. The van der Waals surface area contributed by atoms with Crippen LogP contribution in [0.2, 0.25) is 0 Å². The van der Waals surface area contributed by atoms with Crippen molar-refractivity contribution in [3.8, 4) is 0 Å². The fourth-order valence-electron chi connectivity index (χ4n) is 1.03. The van der Waals surface area contributed by atoms with Crippen molar-refractivity contribution in [2.24, 2.45) is 11.7 Å². The number of carbonyl (C=O) groups is 1. The van der Waals surface area contributed by atoms with Crippen LogP contribution in [0.25, 0.3) is 0 Å². The molecule has 0 aromatic carbocycles. The minimum atomic E-state index is -0.282. The Bertz CT molecular complexity index is 322. The van der Waals surface area contributed by atoms with E-state index < -0.39 is 0 Å². The van der Waals surface area contributed by atoms with Crippen LogP contribution in [-0.2, 0) is 6.54 Å². The van der Waals surface area contributed by atoms with Crippen molar-refractivity contribution in [2.75, 3.05) is 13.2 Å². The molecule has 0 radical (unpaired) electrons. The summed E-state index contributed by atoms with van der Waals surface area (Å²) in [5.74, 6) is 0.587. The Morgan fingerprint density at radius 1 is 1.67 bits per heavy atom. The van der Waals surface area contributed by atoms with E-state index in [0.717, 1.165) is 0 Å². The molecule has 15 heavy (non-hydrogen) atoms. The number of carbonyl (C=O) groups excluding carboxylic acids is 1. The number of nitrogens with one attached hydrogen (secondary N) is 1. The highest BCUT2D eigenvalue weighted by Crippen LogP contribution is 2.06. The maximum atomic E-state index is 11.5. The zero-order valence-corrected chi connectivity index (χ0v) is 8.69. The van der Waals surface area contributed by atoms with Crippen LogP contribution < -0.4 is 11.1 Å². The van der Waals surface area contributed by atoms with Gasteiger partial charge in [0.15, 0.2) is 5.76 Å². The molecule has 0 saturated heterocycles. The van der Waals surface area contributed by atoms with Gasteiger partial charge < -0.3 is 20.6 Å². The second-order valence-electron chi connectivity index (χ2n) is 3.47. The molecule has 0 saturated carbocycles. The number of aliphatic hydroxyl groups excluding tert-OH is 1. The monoisotopic (exact) mass is 212 g/mol. The Labute approximate surface area is 88.3 Å². The second-order valence-corrected chi connectivity index (χ2v) is 3.47. The van der Waals surface area contributed by atoms with Gasteiger partial charge in [0.25, 0.3) is 5.91 Å². The Morgan fingerprint density at radius 2 is 2.40 bits per heavy atom. The van der Waals surface area contributed by atoms with Crippen molar-refractivity contribution in [1.29, 1.82) is 0 Å². The lowest BCUT2D eigenvalue weighted by molar-refractivity contribution is 0.0913. The fourth-order valence-corrected chi connectivity index (χ4v) is 1.03. The summed E-state index contributed by atoms with van der Waals surface area (Å²) in [7, 11) is 0. The lowest BCUT2D eigenvalue weighted by atomic mass is 10.2. The molecule has 84 valence electrons. The van der Waals surface area contributed by atoms with E-state index in [0.29, 0.717) is 12.3 Å². The molecule has 1 amide bonds. The number of hydrogen-bond donors (Lipinski definition) is 3. The lowest BCUT2D eigenvalue weighted by Crippen LogP contribution is -2.29. The van der Waals surface area contributed by atoms with Gasteiger partial charge in [-0.05, 0) is 18.1 Å². The van der Waals surface area contributed by atoms with Gasteiger partial charge in [0.2, 0.25) is 0 Å². The van der Waals surface area contributed by atoms with Crippen LogP contribution in [0.5, 0.6) is 0 Å². The molecule has 1 aromatic heterocycles. The van der Waals surface area contributed by atoms with Gasteiger partial charge >= 0.3 is 0 Å². The third-order valence-electron chi connectivity index (χ3n) is 2.01. The van der Waals surface area contributed by atoms with Crippen LogP contribution in [0.3, 0.4) is 0 Å². The lowest BCUT2D eigenvalue weighted by Gasteiger charge is -2.07. The summed E-state index contributed by atoms with van der Waals surface area (Å²) < 4.78 is 5.16. The van der Waals surface area contributed by atoms with E-state index in [1.54, 1.807) is 12.1 Å². The zero-order chi connectivity index (χ0) is 11.3. The fraction of sp³-hybridized carbons (Fsp3) is 0.500. The molecule has 1 rings (SSSR count). The topological polar surface area (TPSA) is 88.5 Å². The van der Waals surface area contributed by atoms with Crippen molar-refractivity contribution < 1.29 is 14.3 Å². The van der Waals surface area contributed by atoms with Crippen molar-refractivity contribution in [3.05, 3.63) is 23.7 Å². The first-order valence-corrected chi connectivity index (χ1v) is 4.85.